The predicted molar refractivity (Wildman–Crippen MR) is 113 cm³/mol. The van der Waals surface area contributed by atoms with E-state index in [0.717, 1.165) is 0 Å². The molecule has 28 heavy (non-hydrogen) atoms. The summed E-state index contributed by atoms with van der Waals surface area (Å²) in [6.07, 6.45) is 3.85. The highest BCUT2D eigenvalue weighted by molar-refractivity contribution is 6.36. The smallest absolute Gasteiger partial charge is 0.142 e. The molecule has 1 N–H and O–H groups in total. The second kappa shape index (κ2) is 7.98. The van der Waals surface area contributed by atoms with Gasteiger partial charge in [-0.2, -0.15) is 0 Å². The van der Waals surface area contributed by atoms with Gasteiger partial charge in [0.15, 0.2) is 0 Å². The zero-order valence-corrected chi connectivity index (χ0v) is 16.7. The first-order valence-electron chi connectivity index (χ1n) is 8.46. The average Bonchev–Trinajstić information content (AvgIpc) is 3.13. The van der Waals surface area contributed by atoms with Crippen LogP contribution in [-0.4, -0.2) is 10.1 Å². The monoisotopic (exact) mass is 429 g/mol. The number of halogens is 3. The molecule has 0 amide bonds. The van der Waals surface area contributed by atoms with Crippen LogP contribution in [0.5, 0.6) is 0 Å². The van der Waals surface area contributed by atoms with Crippen LogP contribution in [0.2, 0.25) is 15.1 Å². The van der Waals surface area contributed by atoms with E-state index in [1.165, 1.54) is 0 Å². The molecule has 0 bridgehead atoms. The van der Waals surface area contributed by atoms with E-state index in [-0.39, 0.29) is 0 Å². The van der Waals surface area contributed by atoms with E-state index < -0.39 is 6.10 Å². The molecule has 2 aromatic heterocycles. The van der Waals surface area contributed by atoms with Crippen LogP contribution in [0.15, 0.2) is 77.7 Å². The summed E-state index contributed by atoms with van der Waals surface area (Å²) in [4.78, 5) is 4.11. The Hall–Kier alpha value is -2.30. The van der Waals surface area contributed by atoms with Crippen molar-refractivity contribution in [2.24, 2.45) is 0 Å². The molecule has 0 saturated heterocycles. The minimum Gasteiger partial charge on any atom is -0.463 e. The summed E-state index contributed by atoms with van der Waals surface area (Å²) in [5.74, 6) is 0.475. The molecule has 0 radical (unpaired) electrons. The summed E-state index contributed by atoms with van der Waals surface area (Å²) in [5, 5.41) is 12.7. The number of rotatable bonds is 4. The Labute approximate surface area is 177 Å². The maximum absolute atomic E-state index is 11.2. The summed E-state index contributed by atoms with van der Waals surface area (Å²) in [6, 6.07) is 16.1. The number of nitrogens with zero attached hydrogens (tertiary/aromatic N) is 1. The van der Waals surface area contributed by atoms with Crippen molar-refractivity contribution in [1.29, 1.82) is 0 Å². The van der Waals surface area contributed by atoms with Crippen LogP contribution in [0.25, 0.3) is 22.5 Å². The third-order valence-electron chi connectivity index (χ3n) is 4.44. The fourth-order valence-corrected chi connectivity index (χ4v) is 3.85. The third kappa shape index (κ3) is 3.54. The standard InChI is InChI=1S/C22H14Cl3NO2/c23-14-7-8-15(19(25)10-14)17-12-28-22(16-5-1-2-6-18(16)24)20(17)21(27)13-4-3-9-26-11-13/h1-12,21,27H. The number of aliphatic hydroxyl groups is 1. The fraction of sp³-hybridized carbons (Fsp3) is 0.0455. The van der Waals surface area contributed by atoms with Crippen molar-refractivity contribution in [3.8, 4) is 22.5 Å². The topological polar surface area (TPSA) is 46.3 Å². The Morgan fingerprint density at radius 3 is 2.39 bits per heavy atom. The molecule has 0 aliphatic carbocycles. The Morgan fingerprint density at radius 2 is 1.68 bits per heavy atom. The number of hydrogen-bond acceptors (Lipinski definition) is 3. The lowest BCUT2D eigenvalue weighted by Gasteiger charge is -2.15. The quantitative estimate of drug-likeness (QED) is 0.377. The van der Waals surface area contributed by atoms with E-state index in [0.29, 0.717) is 48.6 Å². The zero-order chi connectivity index (χ0) is 19.7. The largest absolute Gasteiger partial charge is 0.463 e. The first kappa shape index (κ1) is 19.0. The Kier molecular flexibility index (Phi) is 5.42. The zero-order valence-electron chi connectivity index (χ0n) is 14.4. The second-order valence-corrected chi connectivity index (χ2v) is 7.44. The number of aliphatic hydroxyl groups excluding tert-OH is 1. The predicted octanol–water partition coefficient (Wildman–Crippen LogP) is 7.05. The van der Waals surface area contributed by atoms with E-state index >= 15 is 0 Å². The van der Waals surface area contributed by atoms with Gasteiger partial charge in [-0.1, -0.05) is 59.1 Å². The first-order chi connectivity index (χ1) is 13.6. The van der Waals surface area contributed by atoms with Crippen LogP contribution < -0.4 is 0 Å². The normalized spacial score (nSPS) is 12.1. The minimum absolute atomic E-state index is 0.457. The lowest BCUT2D eigenvalue weighted by atomic mass is 9.93. The maximum atomic E-state index is 11.2. The molecule has 0 aliphatic heterocycles. The molecular formula is C22H14Cl3NO2. The van der Waals surface area contributed by atoms with E-state index in [4.69, 9.17) is 39.2 Å². The van der Waals surface area contributed by atoms with Gasteiger partial charge in [0.25, 0.3) is 0 Å². The summed E-state index contributed by atoms with van der Waals surface area (Å²) in [5.41, 5.74) is 3.23. The molecule has 3 nitrogen and oxygen atoms in total. The Balaban J connectivity index is 1.96. The molecule has 0 fully saturated rings. The minimum atomic E-state index is -0.986. The number of aromatic nitrogens is 1. The molecule has 4 rings (SSSR count). The van der Waals surface area contributed by atoms with Crippen LogP contribution in [-0.2, 0) is 0 Å². The van der Waals surface area contributed by atoms with Crippen LogP contribution in [0, 0.1) is 0 Å². The van der Waals surface area contributed by atoms with Crippen LogP contribution in [0.3, 0.4) is 0 Å². The highest BCUT2D eigenvalue weighted by Crippen LogP contribution is 2.44. The van der Waals surface area contributed by atoms with Crippen molar-refractivity contribution in [2.75, 3.05) is 0 Å². The summed E-state index contributed by atoms with van der Waals surface area (Å²) in [7, 11) is 0. The molecule has 140 valence electrons. The summed E-state index contributed by atoms with van der Waals surface area (Å²) >= 11 is 18.9. The number of furan rings is 1. The average molecular weight is 431 g/mol. The first-order valence-corrected chi connectivity index (χ1v) is 9.59. The van der Waals surface area contributed by atoms with E-state index in [1.807, 2.05) is 18.2 Å². The molecular weight excluding hydrogens is 417 g/mol. The van der Waals surface area contributed by atoms with Gasteiger partial charge in [0.2, 0.25) is 0 Å². The van der Waals surface area contributed by atoms with Crippen molar-refractivity contribution >= 4 is 34.8 Å². The Morgan fingerprint density at radius 1 is 0.857 bits per heavy atom. The number of benzene rings is 2. The fourth-order valence-electron chi connectivity index (χ4n) is 3.11. The van der Waals surface area contributed by atoms with Gasteiger partial charge in [-0.15, -0.1) is 0 Å². The van der Waals surface area contributed by atoms with Gasteiger partial charge < -0.3 is 9.52 Å². The molecule has 4 aromatic rings. The SMILES string of the molecule is OC(c1cccnc1)c1c(-c2ccc(Cl)cc2Cl)coc1-c1ccccc1Cl. The summed E-state index contributed by atoms with van der Waals surface area (Å²) < 4.78 is 5.89. The molecule has 0 spiro atoms. The van der Waals surface area contributed by atoms with Crippen molar-refractivity contribution in [1.82, 2.24) is 4.98 Å². The van der Waals surface area contributed by atoms with Crippen molar-refractivity contribution in [3.63, 3.8) is 0 Å². The van der Waals surface area contributed by atoms with Gasteiger partial charge in [-0.3, -0.25) is 4.98 Å². The van der Waals surface area contributed by atoms with Gasteiger partial charge in [0.05, 0.1) is 11.3 Å². The van der Waals surface area contributed by atoms with E-state index in [2.05, 4.69) is 4.98 Å². The number of hydrogen-bond donors (Lipinski definition) is 1. The molecule has 1 unspecified atom stereocenters. The maximum Gasteiger partial charge on any atom is 0.142 e. The highest BCUT2D eigenvalue weighted by atomic mass is 35.5. The van der Waals surface area contributed by atoms with Crippen LogP contribution >= 0.6 is 34.8 Å². The molecule has 0 aliphatic rings. The van der Waals surface area contributed by atoms with Gasteiger partial charge in [-0.05, 0) is 30.3 Å². The van der Waals surface area contributed by atoms with Crippen LogP contribution in [0.1, 0.15) is 17.2 Å². The molecule has 2 aromatic carbocycles. The van der Waals surface area contributed by atoms with Crippen LogP contribution in [0.4, 0.5) is 0 Å². The lowest BCUT2D eigenvalue weighted by Crippen LogP contribution is -2.02. The molecule has 1 atom stereocenters. The molecule has 6 heteroatoms. The van der Waals surface area contributed by atoms with Crippen molar-refractivity contribution in [2.45, 2.75) is 6.10 Å². The highest BCUT2D eigenvalue weighted by Gasteiger charge is 2.26. The van der Waals surface area contributed by atoms with E-state index in [1.54, 1.807) is 55.1 Å². The molecule has 0 saturated carbocycles. The van der Waals surface area contributed by atoms with Gasteiger partial charge in [-0.25, -0.2) is 0 Å². The summed E-state index contributed by atoms with van der Waals surface area (Å²) in [6.45, 7) is 0. The van der Waals surface area contributed by atoms with E-state index in [9.17, 15) is 5.11 Å². The lowest BCUT2D eigenvalue weighted by molar-refractivity contribution is 0.220. The van der Waals surface area contributed by atoms with Crippen molar-refractivity contribution in [3.05, 3.63) is 99.4 Å². The second-order valence-electron chi connectivity index (χ2n) is 6.19. The number of pyridine rings is 1. The van der Waals surface area contributed by atoms with Gasteiger partial charge >= 0.3 is 0 Å². The Bertz CT molecular complexity index is 1130. The van der Waals surface area contributed by atoms with Gasteiger partial charge in [0, 0.05) is 50.3 Å². The molecule has 2 heterocycles. The van der Waals surface area contributed by atoms with Crippen molar-refractivity contribution < 1.29 is 9.52 Å². The van der Waals surface area contributed by atoms with Gasteiger partial charge in [0.1, 0.15) is 11.9 Å². The third-order valence-corrected chi connectivity index (χ3v) is 5.32.